The summed E-state index contributed by atoms with van der Waals surface area (Å²) in [5.41, 5.74) is 3.47. The third kappa shape index (κ3) is 3.40. The quantitative estimate of drug-likeness (QED) is 0.918. The number of aryl methyl sites for hydroxylation is 2. The van der Waals surface area contributed by atoms with E-state index in [0.717, 1.165) is 17.7 Å². The lowest BCUT2D eigenvalue weighted by atomic mass is 10.1. The van der Waals surface area contributed by atoms with E-state index in [4.69, 9.17) is 5.11 Å². The molecule has 0 aliphatic carbocycles. The standard InChI is InChI=1S/C17H19NO3/c1-3-12-4-6-13(7-5-12)15-10-8-14(9-11-16(19)20)17(21)18(15)2/h4-8,10H,3,9,11H2,1-2H3,(H,19,20). The van der Waals surface area contributed by atoms with Gasteiger partial charge in [-0.3, -0.25) is 9.59 Å². The Morgan fingerprint density at radius 2 is 1.81 bits per heavy atom. The molecule has 1 aromatic carbocycles. The fourth-order valence-corrected chi connectivity index (χ4v) is 2.32. The molecular formula is C17H19NO3. The lowest BCUT2D eigenvalue weighted by molar-refractivity contribution is -0.136. The zero-order valence-corrected chi connectivity index (χ0v) is 12.3. The summed E-state index contributed by atoms with van der Waals surface area (Å²) in [7, 11) is 1.72. The Hall–Kier alpha value is -2.36. The number of aromatic nitrogens is 1. The first kappa shape index (κ1) is 15.0. The van der Waals surface area contributed by atoms with Crippen molar-refractivity contribution in [1.82, 2.24) is 4.57 Å². The summed E-state index contributed by atoms with van der Waals surface area (Å²) in [5.74, 6) is -0.892. The van der Waals surface area contributed by atoms with Crippen molar-refractivity contribution in [3.63, 3.8) is 0 Å². The molecule has 21 heavy (non-hydrogen) atoms. The van der Waals surface area contributed by atoms with Crippen LogP contribution in [0.3, 0.4) is 0 Å². The second-order valence-corrected chi connectivity index (χ2v) is 5.05. The van der Waals surface area contributed by atoms with Gasteiger partial charge in [-0.05, 0) is 30.0 Å². The Morgan fingerprint density at radius 3 is 2.38 bits per heavy atom. The van der Waals surface area contributed by atoms with Gasteiger partial charge in [0.2, 0.25) is 0 Å². The van der Waals surface area contributed by atoms with Crippen LogP contribution in [0, 0.1) is 0 Å². The Kier molecular flexibility index (Phi) is 4.58. The van der Waals surface area contributed by atoms with Crippen molar-refractivity contribution in [3.05, 3.63) is 57.9 Å². The van der Waals surface area contributed by atoms with Crippen LogP contribution in [-0.4, -0.2) is 15.6 Å². The Bertz CT molecular complexity index is 699. The fourth-order valence-electron chi connectivity index (χ4n) is 2.32. The van der Waals surface area contributed by atoms with Crippen LogP contribution in [0.15, 0.2) is 41.2 Å². The molecule has 1 heterocycles. The second kappa shape index (κ2) is 6.39. The molecule has 0 unspecified atom stereocenters. The lowest BCUT2D eigenvalue weighted by Gasteiger charge is -2.11. The van der Waals surface area contributed by atoms with Crippen LogP contribution in [0.2, 0.25) is 0 Å². The number of pyridine rings is 1. The van der Waals surface area contributed by atoms with E-state index in [1.165, 1.54) is 5.56 Å². The first-order valence-electron chi connectivity index (χ1n) is 7.03. The molecule has 0 atom stereocenters. The molecule has 2 aromatic rings. The maximum absolute atomic E-state index is 12.3. The molecule has 0 aliphatic rings. The molecule has 1 aromatic heterocycles. The van der Waals surface area contributed by atoms with E-state index in [1.54, 1.807) is 17.7 Å². The number of carboxylic acid groups (broad SMARTS) is 1. The van der Waals surface area contributed by atoms with Gasteiger partial charge in [-0.25, -0.2) is 0 Å². The van der Waals surface area contributed by atoms with Crippen LogP contribution in [0.1, 0.15) is 24.5 Å². The Morgan fingerprint density at radius 1 is 1.14 bits per heavy atom. The van der Waals surface area contributed by atoms with Gasteiger partial charge in [0.25, 0.3) is 5.56 Å². The third-order valence-corrected chi connectivity index (χ3v) is 3.65. The molecule has 4 heteroatoms. The number of benzene rings is 1. The van der Waals surface area contributed by atoms with E-state index in [2.05, 4.69) is 19.1 Å². The molecule has 0 radical (unpaired) electrons. The van der Waals surface area contributed by atoms with Crippen molar-refractivity contribution in [2.24, 2.45) is 7.05 Å². The van der Waals surface area contributed by atoms with Crippen molar-refractivity contribution >= 4 is 5.97 Å². The molecular weight excluding hydrogens is 266 g/mol. The average Bonchev–Trinajstić information content (AvgIpc) is 2.49. The van der Waals surface area contributed by atoms with Gasteiger partial charge in [0.1, 0.15) is 0 Å². The van der Waals surface area contributed by atoms with Crippen LogP contribution in [0.4, 0.5) is 0 Å². The molecule has 0 amide bonds. The number of nitrogens with zero attached hydrogens (tertiary/aromatic N) is 1. The minimum absolute atomic E-state index is 0.0280. The van der Waals surface area contributed by atoms with Gasteiger partial charge in [-0.15, -0.1) is 0 Å². The van der Waals surface area contributed by atoms with Crippen molar-refractivity contribution in [3.8, 4) is 11.3 Å². The van der Waals surface area contributed by atoms with E-state index in [-0.39, 0.29) is 18.4 Å². The van der Waals surface area contributed by atoms with Crippen LogP contribution in [-0.2, 0) is 24.7 Å². The van der Waals surface area contributed by atoms with E-state index in [9.17, 15) is 9.59 Å². The van der Waals surface area contributed by atoms with Gasteiger partial charge in [-0.1, -0.05) is 37.3 Å². The first-order chi connectivity index (χ1) is 10.0. The molecule has 1 N–H and O–H groups in total. The van der Waals surface area contributed by atoms with Gasteiger partial charge in [0, 0.05) is 19.0 Å². The molecule has 0 spiro atoms. The predicted octanol–water partition coefficient (Wildman–Crippen LogP) is 2.63. The molecule has 2 rings (SSSR count). The zero-order valence-electron chi connectivity index (χ0n) is 12.3. The number of aliphatic carboxylic acids is 1. The van der Waals surface area contributed by atoms with Crippen LogP contribution in [0.25, 0.3) is 11.3 Å². The molecule has 110 valence electrons. The molecule has 0 saturated heterocycles. The molecule has 0 aliphatic heterocycles. The number of hydrogen-bond donors (Lipinski definition) is 1. The first-order valence-corrected chi connectivity index (χ1v) is 7.03. The molecule has 0 saturated carbocycles. The largest absolute Gasteiger partial charge is 0.481 e. The number of hydrogen-bond acceptors (Lipinski definition) is 2. The lowest BCUT2D eigenvalue weighted by Crippen LogP contribution is -2.22. The van der Waals surface area contributed by atoms with Gasteiger partial charge >= 0.3 is 5.97 Å². The summed E-state index contributed by atoms with van der Waals surface area (Å²) in [6, 6.07) is 11.7. The van der Waals surface area contributed by atoms with Gasteiger partial charge < -0.3 is 9.67 Å². The molecule has 0 bridgehead atoms. The minimum atomic E-state index is -0.892. The van der Waals surface area contributed by atoms with Crippen LogP contribution >= 0.6 is 0 Å². The van der Waals surface area contributed by atoms with E-state index >= 15 is 0 Å². The van der Waals surface area contributed by atoms with E-state index in [0.29, 0.717) is 5.56 Å². The van der Waals surface area contributed by atoms with Gasteiger partial charge in [0.05, 0.1) is 5.69 Å². The van der Waals surface area contributed by atoms with Crippen LogP contribution in [0.5, 0.6) is 0 Å². The van der Waals surface area contributed by atoms with Crippen molar-refractivity contribution in [1.29, 1.82) is 0 Å². The van der Waals surface area contributed by atoms with Crippen molar-refractivity contribution in [2.45, 2.75) is 26.2 Å². The Labute approximate surface area is 123 Å². The predicted molar refractivity (Wildman–Crippen MR) is 82.5 cm³/mol. The highest BCUT2D eigenvalue weighted by molar-refractivity contribution is 5.67. The second-order valence-electron chi connectivity index (χ2n) is 5.05. The minimum Gasteiger partial charge on any atom is -0.481 e. The fraction of sp³-hybridized carbons (Fsp3) is 0.294. The van der Waals surface area contributed by atoms with Crippen LogP contribution < -0.4 is 5.56 Å². The highest BCUT2D eigenvalue weighted by Gasteiger charge is 2.09. The number of carbonyl (C=O) groups is 1. The van der Waals surface area contributed by atoms with Crippen molar-refractivity contribution < 1.29 is 9.90 Å². The summed E-state index contributed by atoms with van der Waals surface area (Å²) >= 11 is 0. The smallest absolute Gasteiger partial charge is 0.303 e. The highest BCUT2D eigenvalue weighted by Crippen LogP contribution is 2.19. The summed E-state index contributed by atoms with van der Waals surface area (Å²) in [4.78, 5) is 22.9. The summed E-state index contributed by atoms with van der Waals surface area (Å²) in [6.45, 7) is 2.10. The number of rotatable bonds is 5. The number of carboxylic acids is 1. The maximum atomic E-state index is 12.3. The topological polar surface area (TPSA) is 59.3 Å². The zero-order chi connectivity index (χ0) is 15.4. The van der Waals surface area contributed by atoms with E-state index in [1.807, 2.05) is 18.2 Å². The van der Waals surface area contributed by atoms with Gasteiger partial charge in [-0.2, -0.15) is 0 Å². The SMILES string of the molecule is CCc1ccc(-c2ccc(CCC(=O)O)c(=O)n2C)cc1. The van der Waals surface area contributed by atoms with Gasteiger partial charge in [0.15, 0.2) is 0 Å². The monoisotopic (exact) mass is 285 g/mol. The maximum Gasteiger partial charge on any atom is 0.303 e. The third-order valence-electron chi connectivity index (χ3n) is 3.65. The summed E-state index contributed by atoms with van der Waals surface area (Å²) in [5, 5.41) is 8.71. The highest BCUT2D eigenvalue weighted by atomic mass is 16.4. The Balaban J connectivity index is 2.35. The summed E-state index contributed by atoms with van der Waals surface area (Å²) < 4.78 is 1.58. The normalized spacial score (nSPS) is 10.6. The summed E-state index contributed by atoms with van der Waals surface area (Å²) in [6.07, 6.45) is 1.21. The molecule has 4 nitrogen and oxygen atoms in total. The molecule has 0 fully saturated rings. The van der Waals surface area contributed by atoms with Crippen molar-refractivity contribution in [2.75, 3.05) is 0 Å². The van der Waals surface area contributed by atoms with E-state index < -0.39 is 5.97 Å². The average molecular weight is 285 g/mol.